The van der Waals surface area contributed by atoms with Crippen molar-refractivity contribution >= 4 is 23.6 Å². The zero-order valence-corrected chi connectivity index (χ0v) is 20.8. The standard InChI is InChI=1S/C26H31N5O3S/c1-33-23-11-7-21(8-12-23)17-30(22-9-10-22)24(32)19-35-26-28-27-25(29-13-15-34-16-14-29)31(26)18-20-5-3-2-4-6-20/h2-8,11-12,22H,9-10,13-19H2,1H3. The molecule has 3 aromatic rings. The third-order valence-corrected chi connectivity index (χ3v) is 7.27. The molecule has 2 fully saturated rings. The number of hydrogen-bond donors (Lipinski definition) is 0. The van der Waals surface area contributed by atoms with Crippen molar-refractivity contribution < 1.29 is 14.3 Å². The van der Waals surface area contributed by atoms with Crippen LogP contribution in [0.2, 0.25) is 0 Å². The van der Waals surface area contributed by atoms with Crippen LogP contribution in [0.5, 0.6) is 5.75 Å². The second-order valence-electron chi connectivity index (χ2n) is 8.84. The second kappa shape index (κ2) is 11.1. The third kappa shape index (κ3) is 5.97. The Morgan fingerprint density at radius 1 is 1.06 bits per heavy atom. The SMILES string of the molecule is COc1ccc(CN(C(=O)CSc2nnc(N3CCOCC3)n2Cc2ccccc2)C2CC2)cc1. The largest absolute Gasteiger partial charge is 0.497 e. The average Bonchev–Trinajstić information content (AvgIpc) is 3.68. The number of rotatable bonds is 10. The average molecular weight is 494 g/mol. The maximum atomic E-state index is 13.3. The van der Waals surface area contributed by atoms with Crippen molar-refractivity contribution in [2.24, 2.45) is 0 Å². The van der Waals surface area contributed by atoms with E-state index in [1.807, 2.05) is 47.4 Å². The Bertz CT molecular complexity index is 1110. The Kier molecular flexibility index (Phi) is 7.54. The van der Waals surface area contributed by atoms with E-state index in [1.165, 1.54) is 17.3 Å². The molecule has 0 unspecified atom stereocenters. The molecule has 0 spiro atoms. The minimum atomic E-state index is 0.135. The van der Waals surface area contributed by atoms with Crippen LogP contribution in [0.1, 0.15) is 24.0 Å². The predicted octanol–water partition coefficient (Wildman–Crippen LogP) is 3.45. The maximum Gasteiger partial charge on any atom is 0.233 e. The van der Waals surface area contributed by atoms with Gasteiger partial charge in [-0.25, -0.2) is 0 Å². The van der Waals surface area contributed by atoms with Gasteiger partial charge in [0.25, 0.3) is 0 Å². The van der Waals surface area contributed by atoms with Gasteiger partial charge in [-0.2, -0.15) is 0 Å². The van der Waals surface area contributed by atoms with E-state index in [-0.39, 0.29) is 5.91 Å². The van der Waals surface area contributed by atoms with Crippen molar-refractivity contribution in [1.82, 2.24) is 19.7 Å². The molecule has 1 saturated carbocycles. The first-order valence-corrected chi connectivity index (χ1v) is 13.0. The third-order valence-electron chi connectivity index (χ3n) is 6.32. The van der Waals surface area contributed by atoms with E-state index < -0.39 is 0 Å². The molecule has 0 atom stereocenters. The summed E-state index contributed by atoms with van der Waals surface area (Å²) in [4.78, 5) is 17.5. The highest BCUT2D eigenvalue weighted by molar-refractivity contribution is 7.99. The fourth-order valence-electron chi connectivity index (χ4n) is 4.23. The number of thioether (sulfide) groups is 1. The number of aromatic nitrogens is 3. The summed E-state index contributed by atoms with van der Waals surface area (Å²) < 4.78 is 12.9. The van der Waals surface area contributed by atoms with Crippen LogP contribution in [0.25, 0.3) is 0 Å². The monoisotopic (exact) mass is 493 g/mol. The molecule has 2 heterocycles. The van der Waals surface area contributed by atoms with Crippen LogP contribution >= 0.6 is 11.8 Å². The van der Waals surface area contributed by atoms with Crippen molar-refractivity contribution in [3.8, 4) is 5.75 Å². The van der Waals surface area contributed by atoms with E-state index >= 15 is 0 Å². The number of ether oxygens (including phenoxy) is 2. The minimum absolute atomic E-state index is 0.135. The van der Waals surface area contributed by atoms with Gasteiger partial charge >= 0.3 is 0 Å². The fourth-order valence-corrected chi connectivity index (χ4v) is 5.05. The van der Waals surface area contributed by atoms with E-state index in [0.29, 0.717) is 38.1 Å². The summed E-state index contributed by atoms with van der Waals surface area (Å²) in [6.45, 7) is 4.21. The number of morpholine rings is 1. The Morgan fingerprint density at radius 3 is 2.49 bits per heavy atom. The molecule has 2 aromatic carbocycles. The lowest BCUT2D eigenvalue weighted by atomic mass is 10.2. The zero-order chi connectivity index (χ0) is 24.0. The number of carbonyl (C=O) groups excluding carboxylic acids is 1. The zero-order valence-electron chi connectivity index (χ0n) is 20.0. The van der Waals surface area contributed by atoms with Gasteiger partial charge in [0, 0.05) is 25.7 Å². The van der Waals surface area contributed by atoms with Crippen LogP contribution < -0.4 is 9.64 Å². The van der Waals surface area contributed by atoms with E-state index in [0.717, 1.165) is 48.3 Å². The molecule has 2 aliphatic rings. The lowest BCUT2D eigenvalue weighted by molar-refractivity contribution is -0.129. The number of methoxy groups -OCH3 is 1. The smallest absolute Gasteiger partial charge is 0.233 e. The first kappa shape index (κ1) is 23.7. The molecule has 184 valence electrons. The lowest BCUT2D eigenvalue weighted by Crippen LogP contribution is -2.38. The Balaban J connectivity index is 1.30. The summed E-state index contributed by atoms with van der Waals surface area (Å²) >= 11 is 1.47. The Morgan fingerprint density at radius 2 is 1.80 bits per heavy atom. The van der Waals surface area contributed by atoms with Gasteiger partial charge in [0.05, 0.1) is 32.6 Å². The van der Waals surface area contributed by atoms with Crippen molar-refractivity contribution in [2.75, 3.05) is 44.1 Å². The highest BCUT2D eigenvalue weighted by Crippen LogP contribution is 2.31. The van der Waals surface area contributed by atoms with Crippen molar-refractivity contribution in [3.63, 3.8) is 0 Å². The molecule has 35 heavy (non-hydrogen) atoms. The first-order valence-electron chi connectivity index (χ1n) is 12.1. The number of benzene rings is 2. The summed E-state index contributed by atoms with van der Waals surface area (Å²) in [6.07, 6.45) is 2.13. The molecule has 0 N–H and O–H groups in total. The topological polar surface area (TPSA) is 72.7 Å². The molecule has 1 amide bonds. The number of carbonyl (C=O) groups is 1. The molecule has 5 rings (SSSR count). The highest BCUT2D eigenvalue weighted by Gasteiger charge is 2.33. The number of nitrogens with zero attached hydrogens (tertiary/aromatic N) is 5. The van der Waals surface area contributed by atoms with Gasteiger partial charge in [0.15, 0.2) is 5.16 Å². The second-order valence-corrected chi connectivity index (χ2v) is 9.79. The van der Waals surface area contributed by atoms with Gasteiger partial charge in [-0.15, -0.1) is 10.2 Å². The van der Waals surface area contributed by atoms with E-state index in [9.17, 15) is 4.79 Å². The van der Waals surface area contributed by atoms with Crippen LogP contribution in [-0.2, 0) is 22.6 Å². The summed E-state index contributed by atoms with van der Waals surface area (Å²) in [5, 5.41) is 9.77. The molecule has 9 heteroatoms. The van der Waals surface area contributed by atoms with Gasteiger partial charge < -0.3 is 19.3 Å². The molecule has 0 bridgehead atoms. The summed E-state index contributed by atoms with van der Waals surface area (Å²) in [5.74, 6) is 2.13. The van der Waals surface area contributed by atoms with Crippen LogP contribution in [0.3, 0.4) is 0 Å². The van der Waals surface area contributed by atoms with Gasteiger partial charge in [-0.1, -0.05) is 54.2 Å². The Hall–Kier alpha value is -3.04. The van der Waals surface area contributed by atoms with Crippen molar-refractivity contribution in [3.05, 3.63) is 65.7 Å². The predicted molar refractivity (Wildman–Crippen MR) is 136 cm³/mol. The molecule has 1 saturated heterocycles. The van der Waals surface area contributed by atoms with Crippen molar-refractivity contribution in [2.45, 2.75) is 37.1 Å². The molecule has 8 nitrogen and oxygen atoms in total. The van der Waals surface area contributed by atoms with Gasteiger partial charge in [-0.05, 0) is 36.1 Å². The molecule has 0 radical (unpaired) electrons. The lowest BCUT2D eigenvalue weighted by Gasteiger charge is -2.28. The fraction of sp³-hybridized carbons (Fsp3) is 0.423. The van der Waals surface area contributed by atoms with Crippen LogP contribution in [0, 0.1) is 0 Å². The quantitative estimate of drug-likeness (QED) is 0.401. The molecule has 1 aliphatic carbocycles. The first-order chi connectivity index (χ1) is 17.2. The van der Waals surface area contributed by atoms with Crippen LogP contribution in [0.15, 0.2) is 59.8 Å². The number of anilines is 1. The minimum Gasteiger partial charge on any atom is -0.497 e. The van der Waals surface area contributed by atoms with Crippen LogP contribution in [-0.4, -0.2) is 70.8 Å². The van der Waals surface area contributed by atoms with Crippen molar-refractivity contribution in [1.29, 1.82) is 0 Å². The summed E-state index contributed by atoms with van der Waals surface area (Å²) in [5.41, 5.74) is 2.28. The molecule has 1 aromatic heterocycles. The highest BCUT2D eigenvalue weighted by atomic mass is 32.2. The van der Waals surface area contributed by atoms with Crippen LogP contribution in [0.4, 0.5) is 5.95 Å². The normalized spacial score (nSPS) is 15.7. The Labute approximate surface area is 210 Å². The van der Waals surface area contributed by atoms with Gasteiger partial charge in [0.1, 0.15) is 5.75 Å². The molecular formula is C26H31N5O3S. The van der Waals surface area contributed by atoms with Gasteiger partial charge in [-0.3, -0.25) is 9.36 Å². The molecule has 1 aliphatic heterocycles. The van der Waals surface area contributed by atoms with E-state index in [1.54, 1.807) is 7.11 Å². The summed E-state index contributed by atoms with van der Waals surface area (Å²) in [6, 6.07) is 18.6. The molecular weight excluding hydrogens is 462 g/mol. The van der Waals surface area contributed by atoms with Gasteiger partial charge in [0.2, 0.25) is 11.9 Å². The maximum absolute atomic E-state index is 13.3. The number of amides is 1. The van der Waals surface area contributed by atoms with E-state index in [4.69, 9.17) is 9.47 Å². The summed E-state index contributed by atoms with van der Waals surface area (Å²) in [7, 11) is 1.66. The van der Waals surface area contributed by atoms with E-state index in [2.05, 4.69) is 31.8 Å². The number of hydrogen-bond acceptors (Lipinski definition) is 7.